The molecule has 2 unspecified atom stereocenters. The third-order valence-corrected chi connectivity index (χ3v) is 6.24. The maximum atomic E-state index is 12.9. The summed E-state index contributed by atoms with van der Waals surface area (Å²) >= 11 is 0. The highest BCUT2D eigenvalue weighted by molar-refractivity contribution is 6.04. The molecule has 4 rings (SSSR count). The van der Waals surface area contributed by atoms with Gasteiger partial charge in [0.15, 0.2) is 0 Å². The van der Waals surface area contributed by atoms with Gasteiger partial charge in [-0.05, 0) is 53.1 Å². The van der Waals surface area contributed by atoms with Gasteiger partial charge in [0.1, 0.15) is 0 Å². The van der Waals surface area contributed by atoms with Gasteiger partial charge in [0, 0.05) is 43.9 Å². The summed E-state index contributed by atoms with van der Waals surface area (Å²) in [4.78, 5) is 31.4. The van der Waals surface area contributed by atoms with Crippen molar-refractivity contribution in [1.82, 2.24) is 15.2 Å². The monoisotopic (exact) mass is 406 g/mol. The number of nitrogens with one attached hydrogen (secondary N) is 2. The molecule has 1 fully saturated rings. The van der Waals surface area contributed by atoms with E-state index in [0.717, 1.165) is 31.6 Å². The number of carbonyl (C=O) groups is 2. The van der Waals surface area contributed by atoms with Crippen molar-refractivity contribution in [3.63, 3.8) is 0 Å². The van der Waals surface area contributed by atoms with Crippen LogP contribution in [0.5, 0.6) is 0 Å². The van der Waals surface area contributed by atoms with Gasteiger partial charge in [-0.2, -0.15) is 0 Å². The lowest BCUT2D eigenvalue weighted by Crippen LogP contribution is -2.48. The van der Waals surface area contributed by atoms with E-state index in [-0.39, 0.29) is 17.9 Å². The van der Waals surface area contributed by atoms with E-state index in [1.165, 1.54) is 11.1 Å². The Morgan fingerprint density at radius 3 is 2.87 bits per heavy atom. The van der Waals surface area contributed by atoms with Gasteiger partial charge in [0.2, 0.25) is 5.91 Å². The number of amides is 2. The molecule has 0 saturated carbocycles. The average Bonchev–Trinajstić information content (AvgIpc) is 2.73. The fourth-order valence-corrected chi connectivity index (χ4v) is 4.50. The molecule has 6 nitrogen and oxygen atoms in total. The lowest BCUT2D eigenvalue weighted by molar-refractivity contribution is -0.124. The zero-order chi connectivity index (χ0) is 21.3. The SMILES string of the molecule is CC(C)c1cncc(NC(=O)c2ccc3c(c2)CN(C2CCNC(=O)C2)CC3C)c1. The van der Waals surface area contributed by atoms with Gasteiger partial charge in [-0.15, -0.1) is 0 Å². The highest BCUT2D eigenvalue weighted by Gasteiger charge is 2.30. The standard InChI is InChI=1S/C24H30N4O2/c1-15(2)18-9-20(12-25-11-18)27-24(30)17-4-5-22-16(3)13-28(14-19(22)8-17)21-6-7-26-23(29)10-21/h4-5,8-9,11-12,15-16,21H,6-7,10,13-14H2,1-3H3,(H,26,29)(H,27,30). The smallest absolute Gasteiger partial charge is 0.255 e. The van der Waals surface area contributed by atoms with Crippen LogP contribution in [-0.2, 0) is 11.3 Å². The Morgan fingerprint density at radius 1 is 1.27 bits per heavy atom. The Bertz CT molecular complexity index is 956. The predicted octanol–water partition coefficient (Wildman–Crippen LogP) is 3.66. The molecule has 30 heavy (non-hydrogen) atoms. The molecular formula is C24H30N4O2. The number of fused-ring (bicyclic) bond motifs is 1. The molecule has 0 bridgehead atoms. The average molecular weight is 407 g/mol. The van der Waals surface area contributed by atoms with E-state index in [1.807, 2.05) is 24.4 Å². The predicted molar refractivity (Wildman–Crippen MR) is 118 cm³/mol. The fraction of sp³-hybridized carbons (Fsp3) is 0.458. The molecule has 0 spiro atoms. The van der Waals surface area contributed by atoms with Crippen molar-refractivity contribution in [3.05, 3.63) is 58.9 Å². The van der Waals surface area contributed by atoms with Gasteiger partial charge < -0.3 is 10.6 Å². The first-order valence-electron chi connectivity index (χ1n) is 10.8. The number of aromatic nitrogens is 1. The van der Waals surface area contributed by atoms with Crippen LogP contribution in [0.15, 0.2) is 36.7 Å². The molecule has 2 amide bonds. The minimum Gasteiger partial charge on any atom is -0.356 e. The van der Waals surface area contributed by atoms with E-state index in [9.17, 15) is 9.59 Å². The summed E-state index contributed by atoms with van der Waals surface area (Å²) in [5.74, 6) is 0.743. The number of rotatable bonds is 4. The maximum Gasteiger partial charge on any atom is 0.255 e. The summed E-state index contributed by atoms with van der Waals surface area (Å²) in [6.45, 7) is 8.90. The van der Waals surface area contributed by atoms with Crippen LogP contribution < -0.4 is 10.6 Å². The molecule has 1 aromatic carbocycles. The second-order valence-corrected chi connectivity index (χ2v) is 8.86. The van der Waals surface area contributed by atoms with Crippen LogP contribution in [0, 0.1) is 0 Å². The highest BCUT2D eigenvalue weighted by Crippen LogP contribution is 2.31. The second-order valence-electron chi connectivity index (χ2n) is 8.86. The van der Waals surface area contributed by atoms with Crippen molar-refractivity contribution in [1.29, 1.82) is 0 Å². The number of hydrogen-bond donors (Lipinski definition) is 2. The summed E-state index contributed by atoms with van der Waals surface area (Å²) in [5.41, 5.74) is 4.94. The van der Waals surface area contributed by atoms with E-state index in [1.54, 1.807) is 6.20 Å². The summed E-state index contributed by atoms with van der Waals surface area (Å²) in [6.07, 6.45) is 5.05. The largest absolute Gasteiger partial charge is 0.356 e. The first-order chi connectivity index (χ1) is 14.4. The van der Waals surface area contributed by atoms with E-state index < -0.39 is 0 Å². The summed E-state index contributed by atoms with van der Waals surface area (Å²) in [7, 11) is 0. The van der Waals surface area contributed by atoms with Gasteiger partial charge in [-0.1, -0.05) is 26.8 Å². The zero-order valence-electron chi connectivity index (χ0n) is 17.9. The zero-order valence-corrected chi connectivity index (χ0v) is 17.9. The number of piperidine rings is 1. The van der Waals surface area contributed by atoms with Crippen molar-refractivity contribution in [2.75, 3.05) is 18.4 Å². The van der Waals surface area contributed by atoms with Crippen molar-refractivity contribution in [2.24, 2.45) is 0 Å². The third kappa shape index (κ3) is 4.38. The Balaban J connectivity index is 1.51. The molecule has 2 N–H and O–H groups in total. The van der Waals surface area contributed by atoms with E-state index >= 15 is 0 Å². The molecule has 0 radical (unpaired) electrons. The molecule has 1 aromatic heterocycles. The van der Waals surface area contributed by atoms with Gasteiger partial charge in [0.05, 0.1) is 11.9 Å². The Morgan fingerprint density at radius 2 is 2.10 bits per heavy atom. The molecule has 2 atom stereocenters. The fourth-order valence-electron chi connectivity index (χ4n) is 4.50. The van der Waals surface area contributed by atoms with Crippen LogP contribution >= 0.6 is 0 Å². The Labute approximate surface area is 178 Å². The van der Waals surface area contributed by atoms with Crippen molar-refractivity contribution in [2.45, 2.75) is 58.0 Å². The molecule has 0 aliphatic carbocycles. The van der Waals surface area contributed by atoms with Gasteiger partial charge in [0.25, 0.3) is 5.91 Å². The van der Waals surface area contributed by atoms with Crippen molar-refractivity contribution in [3.8, 4) is 0 Å². The Hall–Kier alpha value is -2.73. The second kappa shape index (κ2) is 8.56. The molecule has 2 aromatic rings. The number of nitrogens with zero attached hydrogens (tertiary/aromatic N) is 2. The summed E-state index contributed by atoms with van der Waals surface area (Å²) < 4.78 is 0. The molecule has 2 aliphatic heterocycles. The molecule has 158 valence electrons. The minimum absolute atomic E-state index is 0.123. The quantitative estimate of drug-likeness (QED) is 0.813. The van der Waals surface area contributed by atoms with E-state index in [2.05, 4.69) is 47.4 Å². The van der Waals surface area contributed by atoms with Crippen LogP contribution in [0.3, 0.4) is 0 Å². The molecular weight excluding hydrogens is 376 g/mol. The number of benzene rings is 1. The third-order valence-electron chi connectivity index (χ3n) is 6.24. The lowest BCUT2D eigenvalue weighted by atomic mass is 9.88. The Kier molecular flexibility index (Phi) is 5.86. The molecule has 1 saturated heterocycles. The van der Waals surface area contributed by atoms with E-state index in [4.69, 9.17) is 0 Å². The molecule has 2 aliphatic rings. The number of pyridine rings is 1. The van der Waals surface area contributed by atoms with Crippen LogP contribution in [0.4, 0.5) is 5.69 Å². The molecule has 6 heteroatoms. The van der Waals surface area contributed by atoms with Crippen molar-refractivity contribution < 1.29 is 9.59 Å². The first kappa shape index (κ1) is 20.5. The molecule has 3 heterocycles. The number of carbonyl (C=O) groups excluding carboxylic acids is 2. The van der Waals surface area contributed by atoms with Crippen LogP contribution in [0.2, 0.25) is 0 Å². The number of hydrogen-bond acceptors (Lipinski definition) is 4. The number of anilines is 1. The maximum absolute atomic E-state index is 12.9. The van der Waals surface area contributed by atoms with Gasteiger partial charge >= 0.3 is 0 Å². The highest BCUT2D eigenvalue weighted by atomic mass is 16.2. The normalized spacial score (nSPS) is 21.8. The topological polar surface area (TPSA) is 74.3 Å². The summed E-state index contributed by atoms with van der Waals surface area (Å²) in [6, 6.07) is 8.26. The minimum atomic E-state index is -0.123. The van der Waals surface area contributed by atoms with Gasteiger partial charge in [-0.25, -0.2) is 0 Å². The van der Waals surface area contributed by atoms with Crippen LogP contribution in [0.25, 0.3) is 0 Å². The van der Waals surface area contributed by atoms with E-state index in [0.29, 0.717) is 29.5 Å². The van der Waals surface area contributed by atoms with Crippen LogP contribution in [0.1, 0.15) is 72.5 Å². The first-order valence-corrected chi connectivity index (χ1v) is 10.8. The van der Waals surface area contributed by atoms with Crippen molar-refractivity contribution >= 4 is 17.5 Å². The lowest BCUT2D eigenvalue weighted by Gasteiger charge is -2.40. The van der Waals surface area contributed by atoms with Gasteiger partial charge in [-0.3, -0.25) is 19.5 Å². The van der Waals surface area contributed by atoms with Crippen LogP contribution in [-0.4, -0.2) is 40.8 Å². The summed E-state index contributed by atoms with van der Waals surface area (Å²) in [5, 5.41) is 5.90.